The molecule has 0 unspecified atom stereocenters. The molecular weight excluding hydrogens is 525 g/mol. The Hall–Kier alpha value is -4.02. The van der Waals surface area contributed by atoms with Crippen molar-refractivity contribution < 1.29 is 4.74 Å². The Kier molecular flexibility index (Phi) is 6.43. The molecule has 42 heavy (non-hydrogen) atoms. The summed E-state index contributed by atoms with van der Waals surface area (Å²) in [6, 6.07) is 40.3. The van der Waals surface area contributed by atoms with Gasteiger partial charge in [0.15, 0.2) is 11.5 Å². The first-order valence-electron chi connectivity index (χ1n) is 15.3. The second-order valence-electron chi connectivity index (χ2n) is 12.7. The molecule has 0 fully saturated rings. The van der Waals surface area contributed by atoms with E-state index in [1.54, 1.807) is 10.4 Å². The van der Waals surface area contributed by atoms with Gasteiger partial charge >= 0.3 is 0 Å². The molecule has 0 aliphatic carbocycles. The third kappa shape index (κ3) is 3.78. The van der Waals surface area contributed by atoms with Crippen LogP contribution in [0.5, 0.6) is 11.5 Å². The first kappa shape index (κ1) is 26.9. The van der Waals surface area contributed by atoms with Crippen molar-refractivity contribution in [3.8, 4) is 11.5 Å². The zero-order valence-electron chi connectivity index (χ0n) is 25.5. The molecule has 2 heterocycles. The van der Waals surface area contributed by atoms with Crippen LogP contribution in [-0.4, -0.2) is 14.8 Å². The Morgan fingerprint density at radius 1 is 0.595 bits per heavy atom. The quantitative estimate of drug-likeness (QED) is 0.212. The maximum Gasteiger partial charge on any atom is 0.241 e. The predicted molar refractivity (Wildman–Crippen MR) is 183 cm³/mol. The number of hydrogen-bond donors (Lipinski definition) is 0. The fraction of sp³-hybridized carbons (Fsp3) is 0.211. The van der Waals surface area contributed by atoms with Crippen molar-refractivity contribution >= 4 is 58.6 Å². The van der Waals surface area contributed by atoms with E-state index in [9.17, 15) is 0 Å². The van der Waals surface area contributed by atoms with Crippen molar-refractivity contribution in [2.24, 2.45) is 0 Å². The van der Waals surface area contributed by atoms with Crippen LogP contribution in [0.1, 0.15) is 38.8 Å². The minimum absolute atomic E-state index is 0.217. The van der Waals surface area contributed by atoms with Crippen LogP contribution >= 0.6 is 0 Å². The van der Waals surface area contributed by atoms with Crippen LogP contribution < -0.4 is 36.4 Å². The lowest BCUT2D eigenvalue weighted by Gasteiger charge is -2.47. The molecule has 0 amide bonds. The number of para-hydroxylation sites is 4. The SMILES string of the molecule is Cc1cc(N2c3ccccc3Oc3ccccc32)cc(C)c1B1c2ccccc2[Si](C(C)C)(C(C)C)c2ccccc21. The number of nitrogens with zero attached hydrogens (tertiary/aromatic N) is 1. The summed E-state index contributed by atoms with van der Waals surface area (Å²) in [5.74, 6) is 1.77. The third-order valence-corrected chi connectivity index (χ3v) is 16.1. The van der Waals surface area contributed by atoms with Gasteiger partial charge in [-0.1, -0.05) is 138 Å². The smallest absolute Gasteiger partial charge is 0.241 e. The van der Waals surface area contributed by atoms with Gasteiger partial charge in [0.1, 0.15) is 8.07 Å². The van der Waals surface area contributed by atoms with E-state index in [0.717, 1.165) is 22.9 Å². The number of benzene rings is 5. The summed E-state index contributed by atoms with van der Waals surface area (Å²) in [5, 5.41) is 3.25. The van der Waals surface area contributed by atoms with Gasteiger partial charge in [-0.25, -0.2) is 0 Å². The molecule has 4 heteroatoms. The Labute approximate surface area is 252 Å². The number of ether oxygens (including phenoxy) is 1. The van der Waals surface area contributed by atoms with Crippen LogP contribution in [0.2, 0.25) is 11.1 Å². The lowest BCUT2D eigenvalue weighted by molar-refractivity contribution is 0.477. The highest BCUT2D eigenvalue weighted by Crippen LogP contribution is 2.50. The number of rotatable bonds is 4. The summed E-state index contributed by atoms with van der Waals surface area (Å²) in [7, 11) is -2.03. The average Bonchev–Trinajstić information content (AvgIpc) is 2.98. The molecule has 0 aromatic heterocycles. The topological polar surface area (TPSA) is 12.5 Å². The Balaban J connectivity index is 1.45. The highest BCUT2D eigenvalue weighted by Gasteiger charge is 2.51. The van der Waals surface area contributed by atoms with Crippen molar-refractivity contribution in [1.82, 2.24) is 0 Å². The van der Waals surface area contributed by atoms with E-state index < -0.39 is 8.07 Å². The Bertz CT molecular complexity index is 1700. The van der Waals surface area contributed by atoms with Crippen molar-refractivity contribution in [3.05, 3.63) is 120 Å². The number of hydrogen-bond acceptors (Lipinski definition) is 2. The molecule has 2 nitrogen and oxygen atoms in total. The van der Waals surface area contributed by atoms with E-state index in [1.165, 1.54) is 33.2 Å². The largest absolute Gasteiger partial charge is 0.453 e. The second-order valence-corrected chi connectivity index (χ2v) is 17.8. The summed E-state index contributed by atoms with van der Waals surface area (Å²) in [6.07, 6.45) is 0. The van der Waals surface area contributed by atoms with E-state index in [0.29, 0.717) is 11.1 Å². The van der Waals surface area contributed by atoms with Crippen LogP contribution in [0, 0.1) is 13.8 Å². The zero-order valence-corrected chi connectivity index (χ0v) is 26.5. The standard InChI is InChI=1S/C38H38BNOSi/c1-25(2)42(26(3)4)36-21-13-7-15-30(36)39(31-16-8-14-22-37(31)42)38-27(5)23-29(24-28(38)6)40-32-17-9-11-19-34(32)41-35-20-12-10-18-33(35)40/h7-26H,1-6H3. The lowest BCUT2D eigenvalue weighted by Crippen LogP contribution is -2.80. The van der Waals surface area contributed by atoms with Gasteiger partial charge in [-0.2, -0.15) is 0 Å². The normalized spacial score (nSPS) is 14.7. The van der Waals surface area contributed by atoms with E-state index in [1.807, 2.05) is 12.1 Å². The van der Waals surface area contributed by atoms with Gasteiger partial charge in [0, 0.05) is 5.69 Å². The highest BCUT2D eigenvalue weighted by atomic mass is 28.3. The molecule has 2 aliphatic heterocycles. The second kappa shape index (κ2) is 10.1. The highest BCUT2D eigenvalue weighted by molar-refractivity contribution is 7.16. The maximum absolute atomic E-state index is 6.31. The molecule has 0 saturated carbocycles. The molecule has 0 atom stereocenters. The van der Waals surface area contributed by atoms with Crippen molar-refractivity contribution in [2.45, 2.75) is 52.6 Å². The summed E-state index contributed by atoms with van der Waals surface area (Å²) in [6.45, 7) is 14.7. The fourth-order valence-electron chi connectivity index (χ4n) is 8.30. The van der Waals surface area contributed by atoms with Crippen molar-refractivity contribution in [2.75, 3.05) is 4.90 Å². The van der Waals surface area contributed by atoms with Gasteiger partial charge in [0.05, 0.1) is 11.4 Å². The van der Waals surface area contributed by atoms with Gasteiger partial charge in [-0.3, -0.25) is 0 Å². The first-order chi connectivity index (χ1) is 20.3. The van der Waals surface area contributed by atoms with Crippen LogP contribution in [0.15, 0.2) is 109 Å². The molecule has 208 valence electrons. The summed E-state index contributed by atoms with van der Waals surface area (Å²) < 4.78 is 6.31. The van der Waals surface area contributed by atoms with E-state index in [2.05, 4.69) is 144 Å². The maximum atomic E-state index is 6.31. The molecule has 5 aromatic rings. The van der Waals surface area contributed by atoms with Gasteiger partial charge in [0.25, 0.3) is 0 Å². The van der Waals surface area contributed by atoms with Gasteiger partial charge in [-0.05, 0) is 61.3 Å². The molecule has 0 radical (unpaired) electrons. The van der Waals surface area contributed by atoms with Crippen molar-refractivity contribution in [1.29, 1.82) is 0 Å². The van der Waals surface area contributed by atoms with Gasteiger partial charge in [-0.15, -0.1) is 0 Å². The van der Waals surface area contributed by atoms with E-state index in [4.69, 9.17) is 4.74 Å². The van der Waals surface area contributed by atoms with Crippen LogP contribution in [0.25, 0.3) is 0 Å². The number of aryl methyl sites for hydroxylation is 2. The Morgan fingerprint density at radius 2 is 1.02 bits per heavy atom. The molecule has 0 spiro atoms. The van der Waals surface area contributed by atoms with Crippen LogP contribution in [0.4, 0.5) is 17.1 Å². The minimum Gasteiger partial charge on any atom is -0.453 e. The third-order valence-electron chi connectivity index (χ3n) is 9.81. The first-order valence-corrected chi connectivity index (χ1v) is 17.5. The van der Waals surface area contributed by atoms with E-state index in [-0.39, 0.29) is 6.71 Å². The average molecular weight is 564 g/mol. The molecule has 5 aromatic carbocycles. The molecule has 0 N–H and O–H groups in total. The number of fused-ring (bicyclic) bond motifs is 4. The molecule has 0 saturated heterocycles. The molecule has 0 bridgehead atoms. The molecule has 2 aliphatic rings. The summed E-state index contributed by atoms with van der Waals surface area (Å²) >= 11 is 0. The summed E-state index contributed by atoms with van der Waals surface area (Å²) in [5.41, 5.74) is 11.6. The van der Waals surface area contributed by atoms with Gasteiger partial charge in [0.2, 0.25) is 6.71 Å². The summed E-state index contributed by atoms with van der Waals surface area (Å²) in [4.78, 5) is 2.36. The predicted octanol–water partition coefficient (Wildman–Crippen LogP) is 7.09. The lowest BCUT2D eigenvalue weighted by atomic mass is 9.35. The van der Waals surface area contributed by atoms with Crippen LogP contribution in [-0.2, 0) is 0 Å². The zero-order chi connectivity index (χ0) is 29.2. The minimum atomic E-state index is -2.03. The molecule has 7 rings (SSSR count). The number of anilines is 3. The van der Waals surface area contributed by atoms with Gasteiger partial charge < -0.3 is 9.64 Å². The van der Waals surface area contributed by atoms with E-state index >= 15 is 0 Å². The van der Waals surface area contributed by atoms with Crippen molar-refractivity contribution in [3.63, 3.8) is 0 Å². The Morgan fingerprint density at radius 3 is 1.50 bits per heavy atom. The fourth-order valence-corrected chi connectivity index (χ4v) is 14.6. The monoisotopic (exact) mass is 563 g/mol. The van der Waals surface area contributed by atoms with Crippen LogP contribution in [0.3, 0.4) is 0 Å². The molecular formula is C38H38BNOSi.